The van der Waals surface area contributed by atoms with E-state index in [-0.39, 0.29) is 11.8 Å². The molecule has 25 heavy (non-hydrogen) atoms. The van der Waals surface area contributed by atoms with Gasteiger partial charge in [0.2, 0.25) is 5.91 Å². The minimum absolute atomic E-state index is 0.0575. The van der Waals surface area contributed by atoms with Crippen molar-refractivity contribution in [3.63, 3.8) is 0 Å². The molecule has 1 aromatic carbocycles. The van der Waals surface area contributed by atoms with Gasteiger partial charge < -0.3 is 15.0 Å². The van der Waals surface area contributed by atoms with Crippen LogP contribution in [0, 0.1) is 0 Å². The minimum atomic E-state index is -0.103. The van der Waals surface area contributed by atoms with Crippen LogP contribution in [-0.2, 0) is 11.2 Å². The highest BCUT2D eigenvalue weighted by atomic mass is 16.5. The zero-order chi connectivity index (χ0) is 17.6. The fraction of sp³-hybridized carbons (Fsp3) is 0.316. The average molecular weight is 339 g/mol. The van der Waals surface area contributed by atoms with Crippen molar-refractivity contribution in [2.24, 2.45) is 0 Å². The van der Waals surface area contributed by atoms with Crippen molar-refractivity contribution in [3.05, 3.63) is 53.9 Å². The van der Waals surface area contributed by atoms with Crippen LogP contribution in [0.2, 0.25) is 0 Å². The largest absolute Gasteiger partial charge is 0.491 e. The van der Waals surface area contributed by atoms with Gasteiger partial charge in [-0.3, -0.25) is 14.6 Å². The number of pyridine rings is 1. The van der Waals surface area contributed by atoms with Gasteiger partial charge in [-0.2, -0.15) is 0 Å². The summed E-state index contributed by atoms with van der Waals surface area (Å²) in [6.07, 6.45) is 4.59. The van der Waals surface area contributed by atoms with Crippen LogP contribution in [0.15, 0.2) is 42.7 Å². The molecule has 6 heteroatoms. The van der Waals surface area contributed by atoms with Crippen LogP contribution in [0.5, 0.6) is 5.75 Å². The number of fused-ring (bicyclic) bond motifs is 1. The maximum atomic E-state index is 12.8. The van der Waals surface area contributed by atoms with Gasteiger partial charge >= 0.3 is 0 Å². The summed E-state index contributed by atoms with van der Waals surface area (Å²) >= 11 is 0. The van der Waals surface area contributed by atoms with Crippen LogP contribution < -0.4 is 10.1 Å². The van der Waals surface area contributed by atoms with Crippen molar-refractivity contribution >= 4 is 17.5 Å². The molecule has 3 rings (SSSR count). The summed E-state index contributed by atoms with van der Waals surface area (Å²) in [5, 5.41) is 2.79. The molecule has 0 atom stereocenters. The number of benzene rings is 1. The number of hydrogen-bond donors (Lipinski definition) is 1. The van der Waals surface area contributed by atoms with Crippen LogP contribution in [0.4, 0.5) is 5.69 Å². The molecule has 0 fully saturated rings. The number of ether oxygens (including phenoxy) is 1. The second-order valence-electron chi connectivity index (χ2n) is 5.85. The maximum absolute atomic E-state index is 12.8. The van der Waals surface area contributed by atoms with Gasteiger partial charge in [0, 0.05) is 31.0 Å². The van der Waals surface area contributed by atoms with Crippen molar-refractivity contribution in [1.29, 1.82) is 0 Å². The molecule has 2 amide bonds. The van der Waals surface area contributed by atoms with Gasteiger partial charge in [-0.25, -0.2) is 0 Å². The van der Waals surface area contributed by atoms with E-state index < -0.39 is 0 Å². The highest BCUT2D eigenvalue weighted by molar-refractivity contribution is 5.98. The van der Waals surface area contributed by atoms with Crippen molar-refractivity contribution in [3.8, 4) is 5.75 Å². The lowest BCUT2D eigenvalue weighted by atomic mass is 10.1. The molecule has 1 aliphatic rings. The smallest absolute Gasteiger partial charge is 0.253 e. The lowest BCUT2D eigenvalue weighted by molar-refractivity contribution is -0.116. The number of aromatic nitrogens is 1. The van der Waals surface area contributed by atoms with Crippen molar-refractivity contribution in [2.45, 2.75) is 19.8 Å². The Balaban J connectivity index is 1.73. The van der Waals surface area contributed by atoms with E-state index in [4.69, 9.17) is 4.74 Å². The molecular formula is C19H21N3O3. The van der Waals surface area contributed by atoms with Crippen molar-refractivity contribution in [1.82, 2.24) is 9.88 Å². The third-order valence-electron chi connectivity index (χ3n) is 4.18. The zero-order valence-electron chi connectivity index (χ0n) is 14.2. The number of rotatable bonds is 5. The summed E-state index contributed by atoms with van der Waals surface area (Å²) in [4.78, 5) is 30.3. The first-order chi connectivity index (χ1) is 12.2. The SMILES string of the molecule is CCN(CCc1ccncc1)C(=O)c1ccc2c(c1)NC(=O)CCO2. The van der Waals surface area contributed by atoms with E-state index in [9.17, 15) is 9.59 Å². The van der Waals surface area contributed by atoms with E-state index in [1.54, 1.807) is 35.5 Å². The lowest BCUT2D eigenvalue weighted by Crippen LogP contribution is -2.32. The van der Waals surface area contributed by atoms with Crippen molar-refractivity contribution < 1.29 is 14.3 Å². The molecule has 0 aliphatic carbocycles. The van der Waals surface area contributed by atoms with Crippen molar-refractivity contribution in [2.75, 3.05) is 25.0 Å². The highest BCUT2D eigenvalue weighted by Gasteiger charge is 2.19. The van der Waals surface area contributed by atoms with E-state index in [0.717, 1.165) is 12.0 Å². The number of carbonyl (C=O) groups is 2. The molecular weight excluding hydrogens is 318 g/mol. The molecule has 0 radical (unpaired) electrons. The Hall–Kier alpha value is -2.89. The summed E-state index contributed by atoms with van der Waals surface area (Å²) in [5.41, 5.74) is 2.24. The summed E-state index contributed by atoms with van der Waals surface area (Å²) in [5.74, 6) is 0.438. The van der Waals surface area contributed by atoms with E-state index in [1.807, 2.05) is 19.1 Å². The number of nitrogens with zero attached hydrogens (tertiary/aromatic N) is 2. The molecule has 2 aromatic rings. The summed E-state index contributed by atoms with van der Waals surface area (Å²) in [7, 11) is 0. The molecule has 2 heterocycles. The average Bonchev–Trinajstić information content (AvgIpc) is 2.82. The second-order valence-corrected chi connectivity index (χ2v) is 5.85. The molecule has 1 aromatic heterocycles. The number of likely N-dealkylation sites (N-methyl/N-ethyl adjacent to an activating group) is 1. The van der Waals surface area contributed by atoms with Gasteiger partial charge in [-0.1, -0.05) is 0 Å². The predicted octanol–water partition coefficient (Wildman–Crippen LogP) is 2.51. The van der Waals surface area contributed by atoms with Crippen LogP contribution in [-0.4, -0.2) is 41.4 Å². The van der Waals surface area contributed by atoms with Gasteiger partial charge in [0.1, 0.15) is 5.75 Å². The van der Waals surface area contributed by atoms with E-state index in [0.29, 0.717) is 43.1 Å². The first kappa shape index (κ1) is 17.0. The number of carbonyl (C=O) groups excluding carboxylic acids is 2. The Morgan fingerprint density at radius 1 is 1.28 bits per heavy atom. The second kappa shape index (κ2) is 7.79. The minimum Gasteiger partial charge on any atom is -0.491 e. The Kier molecular flexibility index (Phi) is 5.28. The topological polar surface area (TPSA) is 71.5 Å². The Morgan fingerprint density at radius 3 is 2.84 bits per heavy atom. The van der Waals surface area contributed by atoms with Gasteiger partial charge in [-0.05, 0) is 49.2 Å². The quantitative estimate of drug-likeness (QED) is 0.908. The van der Waals surface area contributed by atoms with E-state index in [2.05, 4.69) is 10.3 Å². The van der Waals surface area contributed by atoms with E-state index >= 15 is 0 Å². The predicted molar refractivity (Wildman–Crippen MR) is 94.7 cm³/mol. The summed E-state index contributed by atoms with van der Waals surface area (Å²) < 4.78 is 5.53. The standard InChI is InChI=1S/C19H21N3O3/c1-2-22(11-7-14-5-9-20-10-6-14)19(24)15-3-4-17-16(13-15)21-18(23)8-12-25-17/h3-6,9-10,13H,2,7-8,11-12H2,1H3,(H,21,23). The van der Waals surface area contributed by atoms with Gasteiger partial charge in [0.25, 0.3) is 5.91 Å². The summed E-state index contributed by atoms with van der Waals surface area (Å²) in [6.45, 7) is 3.54. The third-order valence-corrected chi connectivity index (χ3v) is 4.18. The van der Waals surface area contributed by atoms with Gasteiger partial charge in [0.15, 0.2) is 0 Å². The molecule has 0 unspecified atom stereocenters. The third kappa shape index (κ3) is 4.15. The molecule has 0 spiro atoms. The summed E-state index contributed by atoms with van der Waals surface area (Å²) in [6, 6.07) is 9.08. The molecule has 0 saturated carbocycles. The normalized spacial score (nSPS) is 13.2. The fourth-order valence-corrected chi connectivity index (χ4v) is 2.75. The number of nitrogens with one attached hydrogen (secondary N) is 1. The monoisotopic (exact) mass is 339 g/mol. The Labute approximate surface area is 146 Å². The zero-order valence-corrected chi connectivity index (χ0v) is 14.2. The molecule has 1 aliphatic heterocycles. The van der Waals surface area contributed by atoms with Crippen LogP contribution >= 0.6 is 0 Å². The highest BCUT2D eigenvalue weighted by Crippen LogP contribution is 2.28. The molecule has 0 saturated heterocycles. The Bertz CT molecular complexity index is 762. The molecule has 130 valence electrons. The molecule has 6 nitrogen and oxygen atoms in total. The van der Waals surface area contributed by atoms with E-state index in [1.165, 1.54) is 0 Å². The van der Waals surface area contributed by atoms with Crippen LogP contribution in [0.25, 0.3) is 0 Å². The molecule has 0 bridgehead atoms. The lowest BCUT2D eigenvalue weighted by Gasteiger charge is -2.21. The van der Waals surface area contributed by atoms with Gasteiger partial charge in [0.05, 0.1) is 18.7 Å². The number of hydrogen-bond acceptors (Lipinski definition) is 4. The first-order valence-corrected chi connectivity index (χ1v) is 8.42. The Morgan fingerprint density at radius 2 is 2.08 bits per heavy atom. The fourth-order valence-electron chi connectivity index (χ4n) is 2.75. The van der Waals surface area contributed by atoms with Gasteiger partial charge in [-0.15, -0.1) is 0 Å². The number of amides is 2. The van der Waals surface area contributed by atoms with Crippen LogP contribution in [0.1, 0.15) is 29.3 Å². The first-order valence-electron chi connectivity index (χ1n) is 8.42. The maximum Gasteiger partial charge on any atom is 0.253 e. The number of anilines is 1. The molecule has 1 N–H and O–H groups in total. The van der Waals surface area contributed by atoms with Crippen LogP contribution in [0.3, 0.4) is 0 Å².